The number of hydrogen-bond acceptors (Lipinski definition) is 2. The number of nitrogens with two attached hydrogens (primary N) is 1. The van der Waals surface area contributed by atoms with Gasteiger partial charge in [-0.1, -0.05) is 38.0 Å². The lowest BCUT2D eigenvalue weighted by Crippen LogP contribution is -2.57. The molecule has 0 aromatic carbocycles. The van der Waals surface area contributed by atoms with Crippen molar-refractivity contribution in [3.05, 3.63) is 23.8 Å². The molecule has 0 aromatic rings. The van der Waals surface area contributed by atoms with Crippen LogP contribution in [0.3, 0.4) is 0 Å². The van der Waals surface area contributed by atoms with Gasteiger partial charge < -0.3 is 10.8 Å². The minimum atomic E-state index is -0.170. The highest BCUT2D eigenvalue weighted by atomic mass is 16.3. The van der Waals surface area contributed by atoms with Crippen LogP contribution in [-0.2, 0) is 0 Å². The van der Waals surface area contributed by atoms with Crippen LogP contribution in [0.15, 0.2) is 23.8 Å². The second kappa shape index (κ2) is 5.55. The van der Waals surface area contributed by atoms with Gasteiger partial charge in [0.15, 0.2) is 0 Å². The van der Waals surface area contributed by atoms with E-state index in [1.807, 2.05) is 0 Å². The Balaban J connectivity index is 1.73. The molecule has 0 aliphatic heterocycles. The van der Waals surface area contributed by atoms with Crippen molar-refractivity contribution >= 4 is 0 Å². The molecule has 0 heterocycles. The molecule has 0 radical (unpaired) electrons. The zero-order valence-corrected chi connectivity index (χ0v) is 13.5. The first-order chi connectivity index (χ1) is 9.95. The average Bonchev–Trinajstić information content (AvgIpc) is 2.76. The third-order valence-electron chi connectivity index (χ3n) is 6.79. The van der Waals surface area contributed by atoms with E-state index in [-0.39, 0.29) is 11.6 Å². The highest BCUT2D eigenvalue weighted by Gasteiger charge is 2.54. The van der Waals surface area contributed by atoms with Crippen LogP contribution >= 0.6 is 0 Å². The van der Waals surface area contributed by atoms with Crippen LogP contribution in [0.2, 0.25) is 0 Å². The molecular formula is C19H31NO. The number of hydrogen-bond donors (Lipinski definition) is 2. The van der Waals surface area contributed by atoms with Crippen molar-refractivity contribution in [2.75, 3.05) is 0 Å². The van der Waals surface area contributed by atoms with E-state index in [1.54, 1.807) is 0 Å². The molecule has 2 heteroatoms. The minimum absolute atomic E-state index is 0.0386. The molecule has 118 valence electrons. The van der Waals surface area contributed by atoms with Gasteiger partial charge in [0.25, 0.3) is 0 Å². The summed E-state index contributed by atoms with van der Waals surface area (Å²) in [7, 11) is 0. The van der Waals surface area contributed by atoms with Crippen LogP contribution in [0.25, 0.3) is 0 Å². The molecule has 3 aliphatic carbocycles. The van der Waals surface area contributed by atoms with Gasteiger partial charge in [-0.15, -0.1) is 0 Å². The van der Waals surface area contributed by atoms with Gasteiger partial charge in [0.05, 0.1) is 6.10 Å². The topological polar surface area (TPSA) is 46.2 Å². The predicted molar refractivity (Wildman–Crippen MR) is 87.9 cm³/mol. The molecule has 3 saturated carbocycles. The van der Waals surface area contributed by atoms with E-state index in [0.29, 0.717) is 11.3 Å². The third-order valence-corrected chi connectivity index (χ3v) is 6.79. The molecule has 0 aromatic heterocycles. The highest BCUT2D eigenvalue weighted by molar-refractivity contribution is 5.31. The summed E-state index contributed by atoms with van der Waals surface area (Å²) in [6.07, 6.45) is 13.6. The van der Waals surface area contributed by atoms with Gasteiger partial charge >= 0.3 is 0 Å². The number of rotatable bonds is 2. The Morgan fingerprint density at radius 1 is 1.29 bits per heavy atom. The summed E-state index contributed by atoms with van der Waals surface area (Å²) in [5.74, 6) is 0.609. The van der Waals surface area contributed by atoms with E-state index in [9.17, 15) is 5.11 Å². The van der Waals surface area contributed by atoms with Gasteiger partial charge in [0, 0.05) is 5.54 Å². The Kier molecular flexibility index (Phi) is 4.04. The van der Waals surface area contributed by atoms with Crippen molar-refractivity contribution in [2.24, 2.45) is 17.1 Å². The maximum Gasteiger partial charge on any atom is 0.0583 e. The number of aliphatic hydroxyl groups excluding tert-OH is 1. The van der Waals surface area contributed by atoms with E-state index >= 15 is 0 Å². The highest BCUT2D eigenvalue weighted by Crippen LogP contribution is 2.56. The van der Waals surface area contributed by atoms with Crippen molar-refractivity contribution in [2.45, 2.75) is 82.8 Å². The molecule has 3 fully saturated rings. The van der Waals surface area contributed by atoms with Crippen molar-refractivity contribution in [3.63, 3.8) is 0 Å². The van der Waals surface area contributed by atoms with E-state index < -0.39 is 0 Å². The molecule has 3 rings (SSSR count). The molecule has 2 nitrogen and oxygen atoms in total. The molecule has 0 bridgehead atoms. The Hall–Kier alpha value is -0.600. The first-order valence-corrected chi connectivity index (χ1v) is 8.79. The first kappa shape index (κ1) is 15.3. The smallest absolute Gasteiger partial charge is 0.0583 e. The Morgan fingerprint density at radius 2 is 2.05 bits per heavy atom. The SMILES string of the molecule is C=C1CC[C@H](O)C/C1=C/CC1CCCC2(C)CCC[C@@]12N. The molecule has 2 unspecified atom stereocenters. The largest absolute Gasteiger partial charge is 0.393 e. The molecule has 0 saturated heterocycles. The predicted octanol–water partition coefficient (Wildman–Crippen LogP) is 4.09. The lowest BCUT2D eigenvalue weighted by atomic mass is 9.58. The number of allylic oxidation sites excluding steroid dienone is 2. The molecular weight excluding hydrogens is 258 g/mol. The average molecular weight is 289 g/mol. The van der Waals surface area contributed by atoms with Crippen LogP contribution in [0.4, 0.5) is 0 Å². The summed E-state index contributed by atoms with van der Waals surface area (Å²) >= 11 is 0. The van der Waals surface area contributed by atoms with E-state index in [2.05, 4.69) is 19.6 Å². The molecule has 3 N–H and O–H groups in total. The normalized spacial score (nSPS) is 45.9. The van der Waals surface area contributed by atoms with Crippen LogP contribution in [0.5, 0.6) is 0 Å². The van der Waals surface area contributed by atoms with Crippen LogP contribution in [-0.4, -0.2) is 16.7 Å². The van der Waals surface area contributed by atoms with Crippen LogP contribution in [0.1, 0.15) is 71.1 Å². The van der Waals surface area contributed by atoms with Gasteiger partial charge in [-0.2, -0.15) is 0 Å². The second-order valence-electron chi connectivity index (χ2n) is 8.01. The Morgan fingerprint density at radius 3 is 2.86 bits per heavy atom. The molecule has 21 heavy (non-hydrogen) atoms. The Bertz CT molecular complexity index is 454. The fourth-order valence-corrected chi connectivity index (χ4v) is 5.20. The number of aliphatic hydroxyl groups is 1. The summed E-state index contributed by atoms with van der Waals surface area (Å²) in [5.41, 5.74) is 9.84. The summed E-state index contributed by atoms with van der Waals surface area (Å²) in [6.45, 7) is 6.60. The second-order valence-corrected chi connectivity index (χ2v) is 8.01. The zero-order chi connectivity index (χ0) is 15.1. The minimum Gasteiger partial charge on any atom is -0.393 e. The summed E-state index contributed by atoms with van der Waals surface area (Å²) in [5, 5.41) is 9.87. The van der Waals surface area contributed by atoms with Crippen molar-refractivity contribution in [1.29, 1.82) is 0 Å². The molecule has 3 aliphatic rings. The zero-order valence-electron chi connectivity index (χ0n) is 13.5. The van der Waals surface area contributed by atoms with Gasteiger partial charge in [-0.05, 0) is 68.3 Å². The maximum absolute atomic E-state index is 9.87. The van der Waals surface area contributed by atoms with Gasteiger partial charge in [0.2, 0.25) is 0 Å². The van der Waals surface area contributed by atoms with Gasteiger partial charge in [-0.3, -0.25) is 0 Å². The Labute approximate surface area is 129 Å². The maximum atomic E-state index is 9.87. The summed E-state index contributed by atoms with van der Waals surface area (Å²) < 4.78 is 0. The van der Waals surface area contributed by atoms with E-state index in [1.165, 1.54) is 49.7 Å². The van der Waals surface area contributed by atoms with E-state index in [0.717, 1.165) is 25.7 Å². The van der Waals surface area contributed by atoms with Crippen molar-refractivity contribution < 1.29 is 5.11 Å². The fourth-order valence-electron chi connectivity index (χ4n) is 5.20. The third kappa shape index (κ3) is 2.61. The summed E-state index contributed by atoms with van der Waals surface area (Å²) in [4.78, 5) is 0. The molecule has 4 atom stereocenters. The first-order valence-electron chi connectivity index (χ1n) is 8.79. The van der Waals surface area contributed by atoms with Crippen molar-refractivity contribution in [1.82, 2.24) is 0 Å². The van der Waals surface area contributed by atoms with Crippen LogP contribution < -0.4 is 5.73 Å². The van der Waals surface area contributed by atoms with E-state index in [4.69, 9.17) is 5.73 Å². The summed E-state index contributed by atoms with van der Waals surface area (Å²) in [6, 6.07) is 0. The van der Waals surface area contributed by atoms with Crippen LogP contribution in [0, 0.1) is 11.3 Å². The monoisotopic (exact) mass is 289 g/mol. The fraction of sp³-hybridized carbons (Fsp3) is 0.789. The number of fused-ring (bicyclic) bond motifs is 1. The lowest BCUT2D eigenvalue weighted by Gasteiger charge is -2.50. The van der Waals surface area contributed by atoms with Gasteiger partial charge in [-0.25, -0.2) is 0 Å². The van der Waals surface area contributed by atoms with Gasteiger partial charge in [0.1, 0.15) is 0 Å². The molecule has 0 spiro atoms. The quantitative estimate of drug-likeness (QED) is 0.804. The molecule has 0 amide bonds. The standard InChI is InChI=1S/C19H31NO/c1-14-6-9-17(21)13-15(14)7-8-16-5-3-10-18(2)11-4-12-19(16,18)20/h7,16-17,21H,1,3-6,8-13,20H2,2H3/b15-7-/t16?,17-,18?,19+/m0/s1. The van der Waals surface area contributed by atoms with Crippen molar-refractivity contribution in [3.8, 4) is 0 Å². The lowest BCUT2D eigenvalue weighted by molar-refractivity contribution is 0.0554.